The highest BCUT2D eigenvalue weighted by atomic mass is 32.1. The Labute approximate surface area is 140 Å². The monoisotopic (exact) mass is 350 g/mol. The molecule has 2 aromatic rings. The molecule has 1 heterocycles. The van der Waals surface area contributed by atoms with Gasteiger partial charge in [0.1, 0.15) is 10.7 Å². The maximum absolute atomic E-state index is 12.5. The van der Waals surface area contributed by atoms with Crippen molar-refractivity contribution in [3.8, 4) is 5.75 Å². The lowest BCUT2D eigenvalue weighted by Crippen LogP contribution is -2.32. The van der Waals surface area contributed by atoms with E-state index in [9.17, 15) is 19.7 Å². The van der Waals surface area contributed by atoms with Crippen molar-refractivity contribution < 1.29 is 28.5 Å². The van der Waals surface area contributed by atoms with E-state index >= 15 is 0 Å². The fourth-order valence-electron chi connectivity index (χ4n) is 1.72. The van der Waals surface area contributed by atoms with Crippen molar-refractivity contribution in [1.82, 2.24) is 0 Å². The third-order valence-electron chi connectivity index (χ3n) is 2.62. The molecule has 0 N–H and O–H groups in total. The first-order valence-corrected chi connectivity index (χ1v) is 6.80. The van der Waals surface area contributed by atoms with Crippen LogP contribution in [-0.4, -0.2) is 22.4 Å². The van der Waals surface area contributed by atoms with Crippen LogP contribution >= 0.6 is 12.2 Å². The van der Waals surface area contributed by atoms with Crippen LogP contribution in [0.3, 0.4) is 0 Å². The van der Waals surface area contributed by atoms with Crippen LogP contribution in [-0.2, 0) is 9.63 Å². The molecule has 0 aliphatic heterocycles. The van der Waals surface area contributed by atoms with E-state index in [0.29, 0.717) is 0 Å². The van der Waals surface area contributed by atoms with Gasteiger partial charge in [-0.2, -0.15) is 0 Å². The molecule has 0 aliphatic carbocycles. The van der Waals surface area contributed by atoms with Gasteiger partial charge in [0.05, 0.1) is 11.8 Å². The smallest absolute Gasteiger partial charge is 0.429 e. The minimum Gasteiger partial charge on any atom is -0.429 e. The van der Waals surface area contributed by atoms with Crippen LogP contribution in [0.4, 0.5) is 11.6 Å². The summed E-state index contributed by atoms with van der Waals surface area (Å²) in [5.41, 5.74) is 0.183. The topological polar surface area (TPSA) is 112 Å². The van der Waals surface area contributed by atoms with E-state index in [2.05, 4.69) is 0 Å². The number of nitrogens with zero attached hydrogens (tertiary/aromatic N) is 2. The van der Waals surface area contributed by atoms with Crippen LogP contribution in [0.5, 0.6) is 5.75 Å². The Morgan fingerprint density at radius 3 is 2.71 bits per heavy atom. The van der Waals surface area contributed by atoms with Gasteiger partial charge in [0.2, 0.25) is 5.76 Å². The van der Waals surface area contributed by atoms with Crippen LogP contribution in [0, 0.1) is 10.1 Å². The summed E-state index contributed by atoms with van der Waals surface area (Å²) >= 11 is 4.83. The van der Waals surface area contributed by atoms with Gasteiger partial charge >= 0.3 is 11.8 Å². The van der Waals surface area contributed by atoms with Gasteiger partial charge in [-0.3, -0.25) is 19.7 Å². The number of hydrogen-bond donors (Lipinski definition) is 0. The SMILES string of the molecule is CC(=S)ON(C(=O)c1ccc([N+](=O)[O-])o1)c1cccc(OC=O)c1. The molecule has 10 heteroatoms. The molecule has 0 bridgehead atoms. The molecule has 0 unspecified atom stereocenters. The van der Waals surface area contributed by atoms with E-state index in [1.807, 2.05) is 0 Å². The molecule has 0 radical (unpaired) electrons. The van der Waals surface area contributed by atoms with Crippen molar-refractivity contribution in [1.29, 1.82) is 0 Å². The first kappa shape index (κ1) is 17.1. The third-order valence-corrected chi connectivity index (χ3v) is 2.70. The molecular weight excluding hydrogens is 340 g/mol. The van der Waals surface area contributed by atoms with Crippen LogP contribution in [0.25, 0.3) is 0 Å². The minimum atomic E-state index is -0.824. The summed E-state index contributed by atoms with van der Waals surface area (Å²) in [6, 6.07) is 8.03. The Kier molecular flexibility index (Phi) is 5.22. The van der Waals surface area contributed by atoms with Crippen molar-refractivity contribution in [3.63, 3.8) is 0 Å². The Morgan fingerprint density at radius 1 is 1.38 bits per heavy atom. The molecule has 2 rings (SSSR count). The quantitative estimate of drug-likeness (QED) is 0.350. The number of furan rings is 1. The summed E-state index contributed by atoms with van der Waals surface area (Å²) in [5, 5.41) is 11.5. The van der Waals surface area contributed by atoms with E-state index in [-0.39, 0.29) is 28.7 Å². The standard InChI is InChI=1S/C14H10N2O7S/c1-9(24)23-15(10-3-2-4-11(7-10)21-8-17)14(18)12-5-6-13(22-12)16(19)20/h2-8H,1H3. The van der Waals surface area contributed by atoms with Crippen LogP contribution < -0.4 is 9.80 Å². The lowest BCUT2D eigenvalue weighted by Gasteiger charge is -2.20. The summed E-state index contributed by atoms with van der Waals surface area (Å²) in [6.07, 6.45) is 0. The zero-order valence-corrected chi connectivity index (χ0v) is 13.0. The maximum atomic E-state index is 12.5. The van der Waals surface area contributed by atoms with Gasteiger partial charge in [0.15, 0.2) is 5.05 Å². The van der Waals surface area contributed by atoms with Crippen molar-refractivity contribution in [3.05, 3.63) is 52.3 Å². The third kappa shape index (κ3) is 3.93. The van der Waals surface area contributed by atoms with Gasteiger partial charge in [-0.1, -0.05) is 6.07 Å². The lowest BCUT2D eigenvalue weighted by molar-refractivity contribution is -0.402. The number of nitro groups is 1. The van der Waals surface area contributed by atoms with Gasteiger partial charge in [-0.05, 0) is 30.4 Å². The fourth-order valence-corrected chi connectivity index (χ4v) is 1.79. The van der Waals surface area contributed by atoms with E-state index in [1.54, 1.807) is 0 Å². The number of anilines is 1. The minimum absolute atomic E-state index is 0.0196. The normalized spacial score (nSPS) is 9.88. The molecule has 0 aliphatic rings. The molecular formula is C14H10N2O7S. The second-order valence-corrected chi connectivity index (χ2v) is 4.86. The van der Waals surface area contributed by atoms with Gasteiger partial charge in [0, 0.05) is 13.0 Å². The molecule has 1 aromatic heterocycles. The highest BCUT2D eigenvalue weighted by molar-refractivity contribution is 7.80. The number of thiocarbonyl (C=S) groups is 1. The molecule has 1 amide bonds. The van der Waals surface area contributed by atoms with Crippen LogP contribution in [0.15, 0.2) is 40.8 Å². The number of ether oxygens (including phenoxy) is 1. The molecule has 0 saturated heterocycles. The molecule has 124 valence electrons. The lowest BCUT2D eigenvalue weighted by atomic mass is 10.3. The Bertz CT molecular complexity index is 802. The van der Waals surface area contributed by atoms with E-state index in [1.165, 1.54) is 31.2 Å². The Balaban J connectivity index is 2.38. The summed E-state index contributed by atoms with van der Waals surface area (Å²) < 4.78 is 9.57. The molecule has 0 spiro atoms. The average Bonchev–Trinajstić information content (AvgIpc) is 3.02. The number of amides is 1. The predicted molar refractivity (Wildman–Crippen MR) is 84.7 cm³/mol. The van der Waals surface area contributed by atoms with Crippen molar-refractivity contribution in [2.24, 2.45) is 0 Å². The molecule has 1 aromatic carbocycles. The van der Waals surface area contributed by atoms with Crippen LogP contribution in [0.2, 0.25) is 0 Å². The summed E-state index contributed by atoms with van der Waals surface area (Å²) in [5.74, 6) is -1.57. The summed E-state index contributed by atoms with van der Waals surface area (Å²) in [4.78, 5) is 38.0. The molecule has 24 heavy (non-hydrogen) atoms. The number of hydrogen-bond acceptors (Lipinski definition) is 8. The van der Waals surface area contributed by atoms with Crippen molar-refractivity contribution in [2.75, 3.05) is 5.06 Å². The van der Waals surface area contributed by atoms with Gasteiger partial charge < -0.3 is 14.0 Å². The first-order chi connectivity index (χ1) is 11.4. The van der Waals surface area contributed by atoms with Crippen molar-refractivity contribution >= 4 is 41.2 Å². The zero-order valence-electron chi connectivity index (χ0n) is 12.2. The zero-order chi connectivity index (χ0) is 17.7. The predicted octanol–water partition coefficient (Wildman–Crippen LogP) is 2.65. The molecule has 0 atom stereocenters. The van der Waals surface area contributed by atoms with Crippen molar-refractivity contribution in [2.45, 2.75) is 6.92 Å². The number of hydroxylamine groups is 1. The van der Waals surface area contributed by atoms with E-state index in [4.69, 9.17) is 26.2 Å². The van der Waals surface area contributed by atoms with Gasteiger partial charge in [-0.25, -0.2) is 0 Å². The van der Waals surface area contributed by atoms with Crippen LogP contribution in [0.1, 0.15) is 17.5 Å². The highest BCUT2D eigenvalue weighted by Crippen LogP contribution is 2.25. The van der Waals surface area contributed by atoms with Gasteiger partial charge in [-0.15, -0.1) is 5.06 Å². The number of benzene rings is 1. The first-order valence-electron chi connectivity index (χ1n) is 6.40. The summed E-state index contributed by atoms with van der Waals surface area (Å²) in [7, 11) is 0. The highest BCUT2D eigenvalue weighted by Gasteiger charge is 2.26. The molecule has 0 fully saturated rings. The largest absolute Gasteiger partial charge is 0.433 e. The van der Waals surface area contributed by atoms with Gasteiger partial charge in [0.25, 0.3) is 6.47 Å². The maximum Gasteiger partial charge on any atom is 0.433 e. The summed E-state index contributed by atoms with van der Waals surface area (Å²) in [6.45, 7) is 1.67. The van der Waals surface area contributed by atoms with E-state index < -0.39 is 16.7 Å². The number of carbonyl (C=O) groups is 2. The molecule has 9 nitrogen and oxygen atoms in total. The second kappa shape index (κ2) is 7.33. The van der Waals surface area contributed by atoms with E-state index in [0.717, 1.165) is 17.2 Å². The second-order valence-electron chi connectivity index (χ2n) is 4.29. The number of rotatable bonds is 5. The number of carbonyl (C=O) groups excluding carboxylic acids is 2. The molecule has 0 saturated carbocycles. The Hall–Kier alpha value is -3.27. The Morgan fingerprint density at radius 2 is 2.12 bits per heavy atom. The fraction of sp³-hybridized carbons (Fsp3) is 0.0714. The average molecular weight is 350 g/mol.